The van der Waals surface area contributed by atoms with Gasteiger partial charge in [-0.15, -0.1) is 0 Å². The lowest BCUT2D eigenvalue weighted by Gasteiger charge is -1.97. The summed E-state index contributed by atoms with van der Waals surface area (Å²) in [5.74, 6) is -0.0834. The van der Waals surface area contributed by atoms with Gasteiger partial charge < -0.3 is 0 Å². The third kappa shape index (κ3) is 5.85. The Morgan fingerprint density at radius 3 is 1.92 bits per heavy atom. The molecule has 0 aliphatic carbocycles. The van der Waals surface area contributed by atoms with Gasteiger partial charge in [-0.3, -0.25) is 4.79 Å². The molecule has 72 valence electrons. The summed E-state index contributed by atoms with van der Waals surface area (Å²) in [6, 6.07) is 0. The molecule has 0 saturated carbocycles. The zero-order chi connectivity index (χ0) is 10.9. The summed E-state index contributed by atoms with van der Waals surface area (Å²) in [5, 5.41) is 0. The Morgan fingerprint density at radius 1 is 1.23 bits per heavy atom. The maximum atomic E-state index is 11.2. The summed E-state index contributed by atoms with van der Waals surface area (Å²) in [7, 11) is 0. The molecule has 0 aliphatic heterocycles. The van der Waals surface area contributed by atoms with Gasteiger partial charge >= 0.3 is 0 Å². The summed E-state index contributed by atoms with van der Waals surface area (Å²) in [4.78, 5) is 11.2. The lowest BCUT2D eigenvalue weighted by atomic mass is 10.1. The zero-order valence-corrected chi connectivity index (χ0v) is 8.76. The average Bonchev–Trinajstić information content (AvgIpc) is 2.16. The summed E-state index contributed by atoms with van der Waals surface area (Å²) in [5.41, 5.74) is 1.05. The summed E-state index contributed by atoms with van der Waals surface area (Å²) in [6.07, 6.45) is 4.67. The van der Waals surface area contributed by atoms with E-state index in [0.29, 0.717) is 11.1 Å². The summed E-state index contributed by atoms with van der Waals surface area (Å²) < 4.78 is 0. The molecular formula is C12H18O. The van der Waals surface area contributed by atoms with Gasteiger partial charge in [0.05, 0.1) is 0 Å². The standard InChI is InChI=1S/C10H12O.C2H6/c1-5-7-9(6-2)10(11)8(3)4;1-2/h5-7H,1-3H2,4H3;1-2H3/b9-7+;. The lowest BCUT2D eigenvalue weighted by molar-refractivity contribution is -0.111. The van der Waals surface area contributed by atoms with Crippen LogP contribution in [0.4, 0.5) is 0 Å². The molecule has 0 rings (SSSR count). The van der Waals surface area contributed by atoms with Crippen LogP contribution in [0.5, 0.6) is 0 Å². The minimum absolute atomic E-state index is 0.0834. The van der Waals surface area contributed by atoms with E-state index in [4.69, 9.17) is 0 Å². The van der Waals surface area contributed by atoms with Crippen LogP contribution in [0.25, 0.3) is 0 Å². The summed E-state index contributed by atoms with van der Waals surface area (Å²) in [6.45, 7) is 16.2. The Balaban J connectivity index is 0. The van der Waals surface area contributed by atoms with E-state index in [1.807, 2.05) is 13.8 Å². The molecule has 0 unspecified atom stereocenters. The molecule has 0 N–H and O–H groups in total. The average molecular weight is 178 g/mol. The van der Waals surface area contributed by atoms with E-state index in [-0.39, 0.29) is 5.78 Å². The van der Waals surface area contributed by atoms with Gasteiger partial charge in [0.15, 0.2) is 5.78 Å². The largest absolute Gasteiger partial charge is 0.289 e. The highest BCUT2D eigenvalue weighted by molar-refractivity contribution is 6.09. The monoisotopic (exact) mass is 178 g/mol. The number of ketones is 1. The first-order chi connectivity index (χ1) is 6.13. The number of carbonyl (C=O) groups excluding carboxylic acids is 1. The van der Waals surface area contributed by atoms with Crippen molar-refractivity contribution in [2.45, 2.75) is 20.8 Å². The summed E-state index contributed by atoms with van der Waals surface area (Å²) >= 11 is 0. The number of allylic oxidation sites excluding steroid dienone is 5. The number of hydrogen-bond acceptors (Lipinski definition) is 1. The molecule has 0 fully saturated rings. The maximum absolute atomic E-state index is 11.2. The molecule has 0 aromatic carbocycles. The van der Waals surface area contributed by atoms with Crippen LogP contribution in [0.15, 0.2) is 49.1 Å². The van der Waals surface area contributed by atoms with Crippen molar-refractivity contribution in [2.24, 2.45) is 0 Å². The highest BCUT2D eigenvalue weighted by Crippen LogP contribution is 2.04. The van der Waals surface area contributed by atoms with Crippen molar-refractivity contribution in [1.29, 1.82) is 0 Å². The quantitative estimate of drug-likeness (QED) is 0.476. The SMILES string of the molecule is C=C/C=C(\C=C)C(=O)C(=C)C.CC. The van der Waals surface area contributed by atoms with Gasteiger partial charge in [-0.2, -0.15) is 0 Å². The second kappa shape index (κ2) is 8.72. The Hall–Kier alpha value is -1.37. The van der Waals surface area contributed by atoms with Crippen LogP contribution in [0.2, 0.25) is 0 Å². The van der Waals surface area contributed by atoms with Crippen molar-refractivity contribution >= 4 is 5.78 Å². The van der Waals surface area contributed by atoms with Crippen LogP contribution in [-0.4, -0.2) is 5.78 Å². The van der Waals surface area contributed by atoms with E-state index < -0.39 is 0 Å². The van der Waals surface area contributed by atoms with Crippen LogP contribution in [0.1, 0.15) is 20.8 Å². The van der Waals surface area contributed by atoms with Crippen molar-refractivity contribution in [3.05, 3.63) is 49.1 Å². The van der Waals surface area contributed by atoms with E-state index in [1.165, 1.54) is 6.08 Å². The Labute approximate surface area is 81.2 Å². The highest BCUT2D eigenvalue weighted by Gasteiger charge is 2.04. The first-order valence-electron chi connectivity index (χ1n) is 4.28. The molecule has 1 heteroatoms. The van der Waals surface area contributed by atoms with E-state index >= 15 is 0 Å². The van der Waals surface area contributed by atoms with E-state index in [1.54, 1.807) is 19.1 Å². The smallest absolute Gasteiger partial charge is 0.188 e. The van der Waals surface area contributed by atoms with Crippen molar-refractivity contribution in [3.63, 3.8) is 0 Å². The third-order valence-corrected chi connectivity index (χ3v) is 1.17. The molecule has 0 spiro atoms. The second-order valence-corrected chi connectivity index (χ2v) is 2.17. The molecule has 0 atom stereocenters. The molecular weight excluding hydrogens is 160 g/mol. The molecule has 1 nitrogen and oxygen atoms in total. The van der Waals surface area contributed by atoms with Crippen molar-refractivity contribution in [2.75, 3.05) is 0 Å². The number of Topliss-reactive ketones (excluding diaryl/α,β-unsaturated/α-hetero) is 1. The van der Waals surface area contributed by atoms with Crippen molar-refractivity contribution in [3.8, 4) is 0 Å². The number of rotatable bonds is 4. The molecule has 0 aromatic heterocycles. The molecule has 0 saturated heterocycles. The van der Waals surface area contributed by atoms with Gasteiger partial charge in [-0.05, 0) is 12.5 Å². The Bertz CT molecular complexity index is 232. The fourth-order valence-electron chi connectivity index (χ4n) is 0.610. The minimum Gasteiger partial charge on any atom is -0.289 e. The van der Waals surface area contributed by atoms with Crippen LogP contribution >= 0.6 is 0 Å². The van der Waals surface area contributed by atoms with E-state index in [2.05, 4.69) is 19.7 Å². The lowest BCUT2D eigenvalue weighted by Crippen LogP contribution is -1.99. The van der Waals surface area contributed by atoms with Gasteiger partial charge in [0.2, 0.25) is 0 Å². The molecule has 0 aliphatic rings. The predicted octanol–water partition coefficient (Wildman–Crippen LogP) is 3.46. The molecule has 0 radical (unpaired) electrons. The van der Waals surface area contributed by atoms with E-state index in [0.717, 1.165) is 0 Å². The Morgan fingerprint density at radius 2 is 1.69 bits per heavy atom. The molecule has 0 aromatic rings. The molecule has 0 bridgehead atoms. The van der Waals surface area contributed by atoms with Crippen LogP contribution in [-0.2, 0) is 4.79 Å². The van der Waals surface area contributed by atoms with E-state index in [9.17, 15) is 4.79 Å². The highest BCUT2D eigenvalue weighted by atomic mass is 16.1. The van der Waals surface area contributed by atoms with Gasteiger partial charge in [0.25, 0.3) is 0 Å². The third-order valence-electron chi connectivity index (χ3n) is 1.17. The molecule has 0 amide bonds. The fourth-order valence-corrected chi connectivity index (χ4v) is 0.610. The Kier molecular flexibility index (Phi) is 9.51. The molecule has 0 heterocycles. The maximum Gasteiger partial charge on any atom is 0.188 e. The number of hydrogen-bond donors (Lipinski definition) is 0. The minimum atomic E-state index is -0.0834. The van der Waals surface area contributed by atoms with Gasteiger partial charge in [0, 0.05) is 5.57 Å². The predicted molar refractivity (Wildman–Crippen MR) is 59.6 cm³/mol. The topological polar surface area (TPSA) is 17.1 Å². The van der Waals surface area contributed by atoms with Crippen molar-refractivity contribution < 1.29 is 4.79 Å². The van der Waals surface area contributed by atoms with Crippen LogP contribution < -0.4 is 0 Å². The zero-order valence-electron chi connectivity index (χ0n) is 8.76. The second-order valence-electron chi connectivity index (χ2n) is 2.17. The van der Waals surface area contributed by atoms with Crippen LogP contribution in [0, 0.1) is 0 Å². The van der Waals surface area contributed by atoms with Gasteiger partial charge in [0.1, 0.15) is 0 Å². The van der Waals surface area contributed by atoms with Crippen LogP contribution in [0.3, 0.4) is 0 Å². The fraction of sp³-hybridized carbons (Fsp3) is 0.250. The first kappa shape index (κ1) is 14.2. The number of carbonyl (C=O) groups is 1. The molecule has 13 heavy (non-hydrogen) atoms. The van der Waals surface area contributed by atoms with Gasteiger partial charge in [-0.25, -0.2) is 0 Å². The van der Waals surface area contributed by atoms with Gasteiger partial charge in [-0.1, -0.05) is 51.8 Å². The normalized spacial score (nSPS) is 9.31. The first-order valence-corrected chi connectivity index (χ1v) is 4.28. The van der Waals surface area contributed by atoms with Crippen molar-refractivity contribution in [1.82, 2.24) is 0 Å².